The van der Waals surface area contributed by atoms with Gasteiger partial charge in [-0.05, 0) is 37.4 Å². The maximum atomic E-state index is 12.7. The van der Waals surface area contributed by atoms with Crippen molar-refractivity contribution in [2.45, 2.75) is 33.1 Å². The summed E-state index contributed by atoms with van der Waals surface area (Å²) >= 11 is 0. The fourth-order valence-electron chi connectivity index (χ4n) is 2.95. The molecule has 2 N–H and O–H groups in total. The van der Waals surface area contributed by atoms with E-state index in [1.165, 1.54) is 13.0 Å². The SMILES string of the molecule is Cc1cc(C(=O)NCc2cc3ccccc3[nH]2)c(C)n1CC(F)(F)F. The molecular formula is C18H18F3N3O. The Kier molecular flexibility index (Phi) is 4.32. The average molecular weight is 349 g/mol. The number of alkyl halides is 3. The van der Waals surface area contributed by atoms with Gasteiger partial charge >= 0.3 is 6.18 Å². The molecule has 3 rings (SSSR count). The number of aryl methyl sites for hydroxylation is 1. The Morgan fingerprint density at radius 3 is 2.60 bits per heavy atom. The van der Waals surface area contributed by atoms with E-state index in [9.17, 15) is 18.0 Å². The van der Waals surface area contributed by atoms with E-state index in [0.717, 1.165) is 21.2 Å². The van der Waals surface area contributed by atoms with Gasteiger partial charge in [-0.3, -0.25) is 4.79 Å². The number of hydrogen-bond donors (Lipinski definition) is 2. The number of halogens is 3. The van der Waals surface area contributed by atoms with E-state index in [1.807, 2.05) is 30.3 Å². The number of hydrogen-bond acceptors (Lipinski definition) is 1. The van der Waals surface area contributed by atoms with Crippen LogP contribution < -0.4 is 5.32 Å². The molecule has 0 aliphatic carbocycles. The lowest BCUT2D eigenvalue weighted by Crippen LogP contribution is -2.24. The number of benzene rings is 1. The van der Waals surface area contributed by atoms with Crippen LogP contribution >= 0.6 is 0 Å². The number of H-pyrrole nitrogens is 1. The molecule has 0 saturated heterocycles. The Morgan fingerprint density at radius 1 is 1.20 bits per heavy atom. The molecule has 4 nitrogen and oxygen atoms in total. The molecule has 7 heteroatoms. The summed E-state index contributed by atoms with van der Waals surface area (Å²) in [6.45, 7) is 2.26. The van der Waals surface area contributed by atoms with Crippen LogP contribution in [0, 0.1) is 13.8 Å². The van der Waals surface area contributed by atoms with Crippen LogP contribution in [0.2, 0.25) is 0 Å². The quantitative estimate of drug-likeness (QED) is 0.733. The number of carbonyl (C=O) groups excluding carboxylic acids is 1. The molecule has 3 aromatic rings. The van der Waals surface area contributed by atoms with Crippen molar-refractivity contribution in [1.82, 2.24) is 14.9 Å². The largest absolute Gasteiger partial charge is 0.406 e. The molecule has 25 heavy (non-hydrogen) atoms. The van der Waals surface area contributed by atoms with E-state index >= 15 is 0 Å². The molecule has 0 aliphatic heterocycles. The number of carbonyl (C=O) groups is 1. The van der Waals surface area contributed by atoms with Gasteiger partial charge in [-0.25, -0.2) is 0 Å². The Labute approximate surface area is 142 Å². The number of para-hydroxylation sites is 1. The number of rotatable bonds is 4. The molecule has 1 aromatic carbocycles. The number of aromatic amines is 1. The Morgan fingerprint density at radius 2 is 1.92 bits per heavy atom. The first-order chi connectivity index (χ1) is 11.7. The van der Waals surface area contributed by atoms with E-state index in [1.54, 1.807) is 6.92 Å². The molecule has 0 bridgehead atoms. The van der Waals surface area contributed by atoms with Crippen LogP contribution in [0.25, 0.3) is 10.9 Å². The van der Waals surface area contributed by atoms with Gasteiger partial charge in [-0.1, -0.05) is 18.2 Å². The molecule has 0 unspecified atom stereocenters. The summed E-state index contributed by atoms with van der Waals surface area (Å²) in [6.07, 6.45) is -4.33. The van der Waals surface area contributed by atoms with E-state index < -0.39 is 12.7 Å². The molecule has 132 valence electrons. The van der Waals surface area contributed by atoms with Crippen molar-refractivity contribution in [1.29, 1.82) is 0 Å². The van der Waals surface area contributed by atoms with Crippen molar-refractivity contribution >= 4 is 16.8 Å². The summed E-state index contributed by atoms with van der Waals surface area (Å²) in [5.41, 5.74) is 2.78. The minimum Gasteiger partial charge on any atom is -0.357 e. The van der Waals surface area contributed by atoms with Crippen LogP contribution in [0.5, 0.6) is 0 Å². The van der Waals surface area contributed by atoms with Gasteiger partial charge in [0.1, 0.15) is 6.54 Å². The van der Waals surface area contributed by atoms with Crippen molar-refractivity contribution in [3.05, 3.63) is 59.0 Å². The fraction of sp³-hybridized carbons (Fsp3) is 0.278. The monoisotopic (exact) mass is 349 g/mol. The highest BCUT2D eigenvalue weighted by atomic mass is 19.4. The lowest BCUT2D eigenvalue weighted by molar-refractivity contribution is -0.141. The van der Waals surface area contributed by atoms with E-state index in [2.05, 4.69) is 10.3 Å². The topological polar surface area (TPSA) is 49.8 Å². The second-order valence-corrected chi connectivity index (χ2v) is 6.05. The lowest BCUT2D eigenvalue weighted by Gasteiger charge is -2.12. The number of nitrogens with zero attached hydrogens (tertiary/aromatic N) is 1. The van der Waals surface area contributed by atoms with Crippen LogP contribution in [0.4, 0.5) is 13.2 Å². The molecule has 0 saturated carbocycles. The van der Waals surface area contributed by atoms with Crippen molar-refractivity contribution in [2.75, 3.05) is 0 Å². The molecule has 2 aromatic heterocycles. The van der Waals surface area contributed by atoms with E-state index in [4.69, 9.17) is 0 Å². The predicted molar refractivity (Wildman–Crippen MR) is 89.4 cm³/mol. The molecule has 2 heterocycles. The molecule has 0 aliphatic rings. The molecular weight excluding hydrogens is 331 g/mol. The number of nitrogens with one attached hydrogen (secondary N) is 2. The maximum Gasteiger partial charge on any atom is 0.406 e. The minimum absolute atomic E-state index is 0.262. The van der Waals surface area contributed by atoms with Gasteiger partial charge in [0.05, 0.1) is 12.1 Å². The lowest BCUT2D eigenvalue weighted by atomic mass is 10.2. The summed E-state index contributed by atoms with van der Waals surface area (Å²) in [5.74, 6) is -0.389. The first kappa shape index (κ1) is 17.1. The van der Waals surface area contributed by atoms with Crippen LogP contribution in [-0.4, -0.2) is 21.6 Å². The number of aromatic nitrogens is 2. The summed E-state index contributed by atoms with van der Waals surface area (Å²) in [4.78, 5) is 15.6. The van der Waals surface area contributed by atoms with Gasteiger partial charge in [-0.2, -0.15) is 13.2 Å². The molecule has 1 amide bonds. The smallest absolute Gasteiger partial charge is 0.357 e. The van der Waals surface area contributed by atoms with Crippen molar-refractivity contribution in [3.63, 3.8) is 0 Å². The average Bonchev–Trinajstić information content (AvgIpc) is 3.07. The number of fused-ring (bicyclic) bond motifs is 1. The zero-order chi connectivity index (χ0) is 18.2. The zero-order valence-corrected chi connectivity index (χ0v) is 13.9. The minimum atomic E-state index is -4.33. The maximum absolute atomic E-state index is 12.7. The van der Waals surface area contributed by atoms with Gasteiger partial charge in [0.2, 0.25) is 0 Å². The van der Waals surface area contributed by atoms with Crippen molar-refractivity contribution in [2.24, 2.45) is 0 Å². The molecule has 0 radical (unpaired) electrons. The standard InChI is InChI=1S/C18H18F3N3O/c1-11-7-15(12(2)24(11)10-18(19,20)21)17(25)22-9-14-8-13-5-3-4-6-16(13)23-14/h3-8,23H,9-10H2,1-2H3,(H,22,25). The van der Waals surface area contributed by atoms with Crippen LogP contribution in [0.3, 0.4) is 0 Å². The molecule has 0 fully saturated rings. The summed E-state index contributed by atoms with van der Waals surface area (Å²) < 4.78 is 39.1. The van der Waals surface area contributed by atoms with Crippen LogP contribution in [-0.2, 0) is 13.1 Å². The molecule has 0 atom stereocenters. The Hall–Kier alpha value is -2.70. The second-order valence-electron chi connectivity index (χ2n) is 6.05. The van der Waals surface area contributed by atoms with Crippen molar-refractivity contribution < 1.29 is 18.0 Å². The highest BCUT2D eigenvalue weighted by Crippen LogP contribution is 2.23. The Bertz CT molecular complexity index is 888. The van der Waals surface area contributed by atoms with Crippen molar-refractivity contribution in [3.8, 4) is 0 Å². The predicted octanol–water partition coefficient (Wildman–Crippen LogP) is 4.08. The van der Waals surface area contributed by atoms with Gasteiger partial charge < -0.3 is 14.9 Å². The van der Waals surface area contributed by atoms with Gasteiger partial charge in [0, 0.05) is 22.6 Å². The Balaban J connectivity index is 1.74. The molecule has 0 spiro atoms. The highest BCUT2D eigenvalue weighted by molar-refractivity contribution is 5.95. The van der Waals surface area contributed by atoms with E-state index in [-0.39, 0.29) is 18.0 Å². The summed E-state index contributed by atoms with van der Waals surface area (Å²) in [7, 11) is 0. The first-order valence-corrected chi connectivity index (χ1v) is 7.83. The third-order valence-electron chi connectivity index (χ3n) is 4.18. The highest BCUT2D eigenvalue weighted by Gasteiger charge is 2.30. The number of amides is 1. The summed E-state index contributed by atoms with van der Waals surface area (Å²) in [5, 5.41) is 3.79. The third kappa shape index (κ3) is 3.70. The zero-order valence-electron chi connectivity index (χ0n) is 13.9. The van der Waals surface area contributed by atoms with Gasteiger partial charge in [-0.15, -0.1) is 0 Å². The van der Waals surface area contributed by atoms with Gasteiger partial charge in [0.25, 0.3) is 5.91 Å². The van der Waals surface area contributed by atoms with E-state index in [0.29, 0.717) is 11.4 Å². The van der Waals surface area contributed by atoms with Crippen LogP contribution in [0.1, 0.15) is 27.4 Å². The fourth-order valence-corrected chi connectivity index (χ4v) is 2.95. The normalized spacial score (nSPS) is 11.9. The van der Waals surface area contributed by atoms with Crippen LogP contribution in [0.15, 0.2) is 36.4 Å². The summed E-state index contributed by atoms with van der Waals surface area (Å²) in [6, 6.07) is 11.2. The first-order valence-electron chi connectivity index (χ1n) is 7.83. The van der Waals surface area contributed by atoms with Gasteiger partial charge in [0.15, 0.2) is 0 Å². The third-order valence-corrected chi connectivity index (χ3v) is 4.18. The second kappa shape index (κ2) is 6.31.